The Kier molecular flexibility index (Phi) is 3.91. The zero-order valence-corrected chi connectivity index (χ0v) is 10.9. The van der Waals surface area contributed by atoms with E-state index in [0.29, 0.717) is 5.56 Å². The molecule has 2 rings (SSSR count). The summed E-state index contributed by atoms with van der Waals surface area (Å²) >= 11 is 0. The van der Waals surface area contributed by atoms with Gasteiger partial charge < -0.3 is 9.67 Å². The zero-order valence-electron chi connectivity index (χ0n) is 10.9. The first kappa shape index (κ1) is 15.3. The van der Waals surface area contributed by atoms with Crippen molar-refractivity contribution in [2.45, 2.75) is 19.8 Å². The minimum absolute atomic E-state index is 0.116. The molecule has 0 amide bonds. The predicted octanol–water partition coefficient (Wildman–Crippen LogP) is 3.32. The number of benzene rings is 1. The third-order valence-electron chi connectivity index (χ3n) is 3.00. The second kappa shape index (κ2) is 5.36. The van der Waals surface area contributed by atoms with E-state index in [1.165, 1.54) is 10.6 Å². The van der Waals surface area contributed by atoms with Gasteiger partial charge in [-0.2, -0.15) is 0 Å². The molecule has 0 saturated carbocycles. The molecule has 1 aromatic heterocycles. The maximum Gasteiger partial charge on any atom is 0.522 e. The molecule has 1 aromatic carbocycles. The van der Waals surface area contributed by atoms with E-state index in [2.05, 4.69) is 4.74 Å². The van der Waals surface area contributed by atoms with Crippen molar-refractivity contribution in [1.82, 2.24) is 4.57 Å². The first-order valence-corrected chi connectivity index (χ1v) is 5.92. The third-order valence-corrected chi connectivity index (χ3v) is 3.00. The van der Waals surface area contributed by atoms with Gasteiger partial charge in [-0.25, -0.2) is 9.18 Å². The van der Waals surface area contributed by atoms with Gasteiger partial charge in [0.2, 0.25) is 0 Å². The summed E-state index contributed by atoms with van der Waals surface area (Å²) in [6.07, 6.45) is -3.65. The number of aryl methyl sites for hydroxylation is 1. The number of hydrogen-bond acceptors (Lipinski definition) is 2. The molecule has 8 heteroatoms. The number of carbonyl (C=O) groups is 1. The summed E-state index contributed by atoms with van der Waals surface area (Å²) in [5.74, 6) is -2.08. The first-order valence-electron chi connectivity index (χ1n) is 5.92. The molecule has 0 aliphatic rings. The highest BCUT2D eigenvalue weighted by Crippen LogP contribution is 2.27. The first-order chi connectivity index (χ1) is 9.70. The molecular formula is C13H11F4NO3. The van der Waals surface area contributed by atoms with Crippen molar-refractivity contribution >= 4 is 16.9 Å². The summed E-state index contributed by atoms with van der Waals surface area (Å²) in [5.41, 5.74) is 0.516. The molecule has 0 atom stereocenters. The molecule has 0 aliphatic carbocycles. The summed E-state index contributed by atoms with van der Waals surface area (Å²) < 4.78 is 54.6. The molecule has 2 aromatic rings. The van der Waals surface area contributed by atoms with Gasteiger partial charge in [-0.1, -0.05) is 6.07 Å². The highest BCUT2D eigenvalue weighted by molar-refractivity contribution is 6.04. The summed E-state index contributed by atoms with van der Waals surface area (Å²) in [6, 6.07) is 2.56. The van der Waals surface area contributed by atoms with Crippen LogP contribution in [0.25, 0.3) is 10.9 Å². The van der Waals surface area contributed by atoms with E-state index in [1.807, 2.05) is 0 Å². The van der Waals surface area contributed by atoms with Crippen molar-refractivity contribution in [3.63, 3.8) is 0 Å². The van der Waals surface area contributed by atoms with E-state index < -0.39 is 24.8 Å². The third kappa shape index (κ3) is 3.15. The molecule has 0 spiro atoms. The summed E-state index contributed by atoms with van der Waals surface area (Å²) in [7, 11) is 0. The van der Waals surface area contributed by atoms with Crippen LogP contribution in [0.15, 0.2) is 18.3 Å². The minimum Gasteiger partial charge on any atom is -0.478 e. The van der Waals surface area contributed by atoms with Crippen LogP contribution in [-0.2, 0) is 11.3 Å². The molecule has 0 aliphatic heterocycles. The maximum atomic E-state index is 13.8. The number of rotatable bonds is 4. The predicted molar refractivity (Wildman–Crippen MR) is 65.6 cm³/mol. The number of hydrogen-bond donors (Lipinski definition) is 1. The normalized spacial score (nSPS) is 12.0. The molecule has 4 nitrogen and oxygen atoms in total. The Labute approximate surface area is 116 Å². The Morgan fingerprint density at radius 1 is 1.38 bits per heavy atom. The van der Waals surface area contributed by atoms with Gasteiger partial charge in [0.15, 0.2) is 0 Å². The number of carboxylic acid groups (broad SMARTS) is 1. The number of aromatic nitrogens is 1. The second-order valence-electron chi connectivity index (χ2n) is 4.42. The lowest BCUT2D eigenvalue weighted by Crippen LogP contribution is -2.17. The summed E-state index contributed by atoms with van der Waals surface area (Å²) in [4.78, 5) is 11.1. The molecule has 0 fully saturated rings. The lowest BCUT2D eigenvalue weighted by molar-refractivity contribution is -0.325. The van der Waals surface area contributed by atoms with Gasteiger partial charge in [0.25, 0.3) is 0 Å². The topological polar surface area (TPSA) is 51.5 Å². The number of ether oxygens (including phenoxy) is 1. The number of alkyl halides is 3. The molecule has 1 heterocycles. The average molecular weight is 305 g/mol. The molecule has 114 valence electrons. The number of halogens is 4. The van der Waals surface area contributed by atoms with Gasteiger partial charge in [0.05, 0.1) is 23.1 Å². The fourth-order valence-electron chi connectivity index (χ4n) is 2.18. The van der Waals surface area contributed by atoms with E-state index in [9.17, 15) is 22.4 Å². The van der Waals surface area contributed by atoms with E-state index in [-0.39, 0.29) is 23.0 Å². The van der Waals surface area contributed by atoms with Gasteiger partial charge >= 0.3 is 12.3 Å². The van der Waals surface area contributed by atoms with Crippen LogP contribution in [0.2, 0.25) is 0 Å². The molecule has 21 heavy (non-hydrogen) atoms. The van der Waals surface area contributed by atoms with Crippen LogP contribution in [0.4, 0.5) is 17.6 Å². The van der Waals surface area contributed by atoms with Gasteiger partial charge in [-0.15, -0.1) is 13.2 Å². The Hall–Kier alpha value is -2.09. The van der Waals surface area contributed by atoms with Gasteiger partial charge in [-0.05, 0) is 18.6 Å². The van der Waals surface area contributed by atoms with Crippen LogP contribution in [0.5, 0.6) is 0 Å². The van der Waals surface area contributed by atoms with E-state index >= 15 is 0 Å². The monoisotopic (exact) mass is 305 g/mol. The van der Waals surface area contributed by atoms with E-state index in [0.717, 1.165) is 12.3 Å². The number of fused-ring (bicyclic) bond motifs is 1. The van der Waals surface area contributed by atoms with Crippen LogP contribution in [0, 0.1) is 12.7 Å². The van der Waals surface area contributed by atoms with Crippen molar-refractivity contribution in [3.05, 3.63) is 35.3 Å². The summed E-state index contributed by atoms with van der Waals surface area (Å²) in [6.45, 7) is 0.685. The summed E-state index contributed by atoms with van der Waals surface area (Å²) in [5, 5.41) is 8.96. The van der Waals surface area contributed by atoms with Gasteiger partial charge in [0.1, 0.15) is 5.82 Å². The fraction of sp³-hybridized carbons (Fsp3) is 0.308. The molecule has 0 unspecified atom stereocenters. The van der Waals surface area contributed by atoms with Crippen molar-refractivity contribution < 1.29 is 32.2 Å². The Bertz CT molecular complexity index is 691. The standard InChI is InChI=1S/C13H11F4NO3/c1-7-2-3-9(14)10-8(12(19)20)6-18(11(7)10)4-5-21-13(15,16)17/h2-3,6H,4-5H2,1H3,(H,19,20). The fourth-order valence-corrected chi connectivity index (χ4v) is 2.18. The smallest absolute Gasteiger partial charge is 0.478 e. The Morgan fingerprint density at radius 2 is 2.05 bits per heavy atom. The van der Waals surface area contributed by atoms with Crippen molar-refractivity contribution in [2.24, 2.45) is 0 Å². The largest absolute Gasteiger partial charge is 0.522 e. The van der Waals surface area contributed by atoms with Crippen molar-refractivity contribution in [1.29, 1.82) is 0 Å². The van der Waals surface area contributed by atoms with Crippen LogP contribution >= 0.6 is 0 Å². The molecule has 0 saturated heterocycles. The van der Waals surface area contributed by atoms with E-state index in [4.69, 9.17) is 5.11 Å². The lowest BCUT2D eigenvalue weighted by atomic mass is 10.1. The minimum atomic E-state index is -4.77. The molecule has 0 bridgehead atoms. The van der Waals surface area contributed by atoms with Crippen molar-refractivity contribution in [2.75, 3.05) is 6.61 Å². The second-order valence-corrected chi connectivity index (χ2v) is 4.42. The van der Waals surface area contributed by atoms with Crippen LogP contribution in [0.1, 0.15) is 15.9 Å². The van der Waals surface area contributed by atoms with Crippen LogP contribution < -0.4 is 0 Å². The van der Waals surface area contributed by atoms with E-state index in [1.54, 1.807) is 6.92 Å². The average Bonchev–Trinajstić information content (AvgIpc) is 2.73. The molecule has 1 N–H and O–H groups in total. The maximum absolute atomic E-state index is 13.8. The molecular weight excluding hydrogens is 294 g/mol. The van der Waals surface area contributed by atoms with Crippen LogP contribution in [0.3, 0.4) is 0 Å². The number of aromatic carboxylic acids is 1. The highest BCUT2D eigenvalue weighted by atomic mass is 19.4. The molecule has 0 radical (unpaired) electrons. The zero-order chi connectivity index (χ0) is 15.8. The number of nitrogens with zero attached hydrogens (tertiary/aromatic N) is 1. The SMILES string of the molecule is Cc1ccc(F)c2c(C(=O)O)cn(CCOC(F)(F)F)c12. The van der Waals surface area contributed by atoms with Crippen LogP contribution in [-0.4, -0.2) is 28.6 Å². The van der Waals surface area contributed by atoms with Gasteiger partial charge in [0, 0.05) is 12.7 Å². The van der Waals surface area contributed by atoms with Crippen molar-refractivity contribution in [3.8, 4) is 0 Å². The highest BCUT2D eigenvalue weighted by Gasteiger charge is 2.29. The Morgan fingerprint density at radius 3 is 2.62 bits per heavy atom. The Balaban J connectivity index is 2.45. The van der Waals surface area contributed by atoms with Gasteiger partial charge in [-0.3, -0.25) is 4.74 Å². The number of carboxylic acids is 1. The quantitative estimate of drug-likeness (QED) is 0.882. The lowest BCUT2D eigenvalue weighted by Gasteiger charge is -2.10.